The number of hydrogen-bond donors (Lipinski definition) is 3. The summed E-state index contributed by atoms with van der Waals surface area (Å²) in [7, 11) is 0. The maximum Gasteiger partial charge on any atom is 0.414 e. The Hall–Kier alpha value is -1.87. The molecule has 222 valence electrons. The predicted octanol–water partition coefficient (Wildman–Crippen LogP) is 6.61. The second-order valence-electron chi connectivity index (χ2n) is 12.3. The molecule has 3 N–H and O–H groups in total. The Morgan fingerprint density at radius 3 is 1.63 bits per heavy atom. The number of nitrogens with zero attached hydrogens (tertiary/aromatic N) is 1. The van der Waals surface area contributed by atoms with E-state index in [0.29, 0.717) is 0 Å². The summed E-state index contributed by atoms with van der Waals surface area (Å²) in [6.07, 6.45) is 13.3. The monoisotopic (exact) mass is 541 g/mol. The highest BCUT2D eigenvalue weighted by atomic mass is 16.6. The van der Waals surface area contributed by atoms with Crippen LogP contribution in [0.1, 0.15) is 132 Å². The molecular formula is C29H55N3O6. The highest BCUT2D eigenvalue weighted by molar-refractivity contribution is 6.01. The molecule has 0 aromatic rings. The molecule has 0 aromatic heterocycles. The molecule has 0 aromatic carbocycles. The third-order valence-electron chi connectivity index (χ3n) is 6.13. The van der Waals surface area contributed by atoms with E-state index >= 15 is 0 Å². The van der Waals surface area contributed by atoms with Crippen molar-refractivity contribution < 1.29 is 28.9 Å². The third-order valence-corrected chi connectivity index (χ3v) is 6.13. The van der Waals surface area contributed by atoms with Crippen molar-refractivity contribution in [1.29, 1.82) is 0 Å². The number of hydrogen-bond acceptors (Lipinski definition) is 7. The summed E-state index contributed by atoms with van der Waals surface area (Å²) in [6.45, 7) is 12.9. The van der Waals surface area contributed by atoms with Crippen LogP contribution in [-0.4, -0.2) is 59.3 Å². The van der Waals surface area contributed by atoms with Crippen molar-refractivity contribution in [3.63, 3.8) is 0 Å². The fourth-order valence-electron chi connectivity index (χ4n) is 4.28. The molecule has 0 unspecified atom stereocenters. The highest BCUT2D eigenvalue weighted by Crippen LogP contribution is 2.23. The van der Waals surface area contributed by atoms with Crippen molar-refractivity contribution in [1.82, 2.24) is 10.6 Å². The van der Waals surface area contributed by atoms with E-state index in [-0.39, 0.29) is 18.7 Å². The van der Waals surface area contributed by atoms with Gasteiger partial charge < -0.3 is 19.3 Å². The first kappa shape index (κ1) is 34.2. The Morgan fingerprint density at radius 1 is 0.789 bits per heavy atom. The zero-order chi connectivity index (χ0) is 28.6. The van der Waals surface area contributed by atoms with Crippen molar-refractivity contribution >= 4 is 18.1 Å². The average molecular weight is 542 g/mol. The van der Waals surface area contributed by atoms with E-state index in [1.807, 2.05) is 0 Å². The van der Waals surface area contributed by atoms with Gasteiger partial charge in [0.15, 0.2) is 0 Å². The van der Waals surface area contributed by atoms with Gasteiger partial charge in [0, 0.05) is 0 Å². The Bertz CT molecular complexity index is 682. The molecule has 1 aliphatic rings. The average Bonchev–Trinajstić information content (AvgIpc) is 3.11. The molecule has 0 bridgehead atoms. The fourth-order valence-corrected chi connectivity index (χ4v) is 4.28. The van der Waals surface area contributed by atoms with E-state index in [0.717, 1.165) is 19.3 Å². The Labute approximate surface area is 230 Å². The molecule has 1 saturated heterocycles. The minimum Gasteiger partial charge on any atom is -0.444 e. The van der Waals surface area contributed by atoms with Gasteiger partial charge in [0.2, 0.25) is 5.96 Å². The van der Waals surface area contributed by atoms with Gasteiger partial charge in [-0.15, -0.1) is 0 Å². The van der Waals surface area contributed by atoms with E-state index in [4.69, 9.17) is 14.2 Å². The van der Waals surface area contributed by atoms with Crippen molar-refractivity contribution in [2.75, 3.05) is 6.61 Å². The number of alkyl carbamates (subject to hydrolysis) is 2. The molecule has 0 radical (unpaired) electrons. The van der Waals surface area contributed by atoms with Gasteiger partial charge in [0.25, 0.3) is 0 Å². The van der Waals surface area contributed by atoms with Gasteiger partial charge in [-0.2, -0.15) is 0 Å². The van der Waals surface area contributed by atoms with Crippen molar-refractivity contribution in [3.05, 3.63) is 0 Å². The van der Waals surface area contributed by atoms with E-state index in [1.165, 1.54) is 64.2 Å². The number of nitrogens with one attached hydrogen (secondary N) is 2. The molecule has 2 amide bonds. The normalized spacial score (nSPS) is 19.6. The first-order valence-electron chi connectivity index (χ1n) is 14.7. The number of carbonyl (C=O) groups is 2. The lowest BCUT2D eigenvalue weighted by molar-refractivity contribution is 0.0342. The number of rotatable bonds is 14. The molecule has 1 heterocycles. The number of ether oxygens (including phenoxy) is 3. The smallest absolute Gasteiger partial charge is 0.414 e. The van der Waals surface area contributed by atoms with E-state index in [1.54, 1.807) is 41.5 Å². The molecule has 9 nitrogen and oxygen atoms in total. The lowest BCUT2D eigenvalue weighted by Crippen LogP contribution is -2.48. The molecule has 0 spiro atoms. The summed E-state index contributed by atoms with van der Waals surface area (Å²) in [5.41, 5.74) is -1.45. The van der Waals surface area contributed by atoms with Crippen LogP contribution in [0.4, 0.5) is 9.59 Å². The van der Waals surface area contributed by atoms with Crippen LogP contribution in [0.15, 0.2) is 4.99 Å². The van der Waals surface area contributed by atoms with Gasteiger partial charge >= 0.3 is 12.2 Å². The van der Waals surface area contributed by atoms with Crippen LogP contribution >= 0.6 is 0 Å². The lowest BCUT2D eigenvalue weighted by atomic mass is 10.0. The summed E-state index contributed by atoms with van der Waals surface area (Å²) in [5.74, 6) is -0.146. The molecular weight excluding hydrogens is 486 g/mol. The SMILES string of the molecule is CCCCCCCCCCCCCC[C@@H]1OC[C@H](N=C(NC(=O)OC(C)(C)C)NC(=O)OC(C)(C)C)[C@@H]1O. The van der Waals surface area contributed by atoms with Crippen molar-refractivity contribution in [3.8, 4) is 0 Å². The number of guanidine groups is 1. The molecule has 0 saturated carbocycles. The molecule has 0 aliphatic carbocycles. The Kier molecular flexibility index (Phi) is 15.9. The summed E-state index contributed by atoms with van der Waals surface area (Å²) in [6, 6.07) is -0.628. The van der Waals surface area contributed by atoms with E-state index in [2.05, 4.69) is 22.5 Å². The van der Waals surface area contributed by atoms with Crippen molar-refractivity contribution in [2.24, 2.45) is 4.99 Å². The van der Waals surface area contributed by atoms with Crippen LogP contribution in [-0.2, 0) is 14.2 Å². The lowest BCUT2D eigenvalue weighted by Gasteiger charge is -2.22. The molecule has 9 heteroatoms. The third kappa shape index (κ3) is 16.9. The van der Waals surface area contributed by atoms with Crippen LogP contribution in [0.2, 0.25) is 0 Å². The Balaban J connectivity index is 2.47. The van der Waals surface area contributed by atoms with Gasteiger partial charge in [-0.1, -0.05) is 84.0 Å². The minimum atomic E-state index is -0.835. The maximum absolute atomic E-state index is 12.3. The summed E-state index contributed by atoms with van der Waals surface area (Å²) < 4.78 is 16.4. The van der Waals surface area contributed by atoms with Crippen LogP contribution in [0.3, 0.4) is 0 Å². The van der Waals surface area contributed by atoms with Crippen LogP contribution in [0, 0.1) is 0 Å². The topological polar surface area (TPSA) is 118 Å². The van der Waals surface area contributed by atoms with E-state index in [9.17, 15) is 14.7 Å². The maximum atomic E-state index is 12.3. The van der Waals surface area contributed by atoms with Gasteiger partial charge in [-0.05, 0) is 48.0 Å². The number of aliphatic hydroxyl groups is 1. The minimum absolute atomic E-state index is 0.146. The predicted molar refractivity (Wildman–Crippen MR) is 151 cm³/mol. The van der Waals surface area contributed by atoms with Gasteiger partial charge in [0.05, 0.1) is 12.7 Å². The van der Waals surface area contributed by atoms with E-state index < -0.39 is 35.5 Å². The fraction of sp³-hybridized carbons (Fsp3) is 0.897. The summed E-state index contributed by atoms with van der Waals surface area (Å²) >= 11 is 0. The largest absolute Gasteiger partial charge is 0.444 e. The molecule has 1 rings (SSSR count). The number of amides is 2. The zero-order valence-electron chi connectivity index (χ0n) is 25.1. The van der Waals surface area contributed by atoms with Gasteiger partial charge in [-0.3, -0.25) is 10.6 Å². The van der Waals surface area contributed by atoms with Crippen LogP contribution in [0.25, 0.3) is 0 Å². The van der Waals surface area contributed by atoms with Gasteiger partial charge in [-0.25, -0.2) is 14.6 Å². The molecule has 3 atom stereocenters. The number of unbranched alkanes of at least 4 members (excludes halogenated alkanes) is 11. The number of carbonyl (C=O) groups excluding carboxylic acids is 2. The summed E-state index contributed by atoms with van der Waals surface area (Å²) in [5, 5.41) is 15.7. The first-order chi connectivity index (χ1) is 17.8. The van der Waals surface area contributed by atoms with Crippen LogP contribution in [0.5, 0.6) is 0 Å². The first-order valence-corrected chi connectivity index (χ1v) is 14.7. The number of aliphatic imine (C=N–C) groups is 1. The second-order valence-corrected chi connectivity index (χ2v) is 12.3. The van der Waals surface area contributed by atoms with Crippen LogP contribution < -0.4 is 10.6 Å². The molecule has 38 heavy (non-hydrogen) atoms. The second kappa shape index (κ2) is 17.7. The quantitative estimate of drug-likeness (QED) is 0.129. The molecule has 1 aliphatic heterocycles. The highest BCUT2D eigenvalue weighted by Gasteiger charge is 2.36. The standard InChI is InChI=1S/C29H55N3O6/c1-8-9-10-11-12-13-14-15-16-17-18-19-20-23-24(33)22(21-36-23)30-25(31-26(34)37-28(2,3)4)32-27(35)38-29(5,6)7/h22-24,33H,8-21H2,1-7H3,(H2,30,31,32,34,35)/t22-,23-,24-/m0/s1. The van der Waals surface area contributed by atoms with Crippen molar-refractivity contribution in [2.45, 2.75) is 161 Å². The van der Waals surface area contributed by atoms with Gasteiger partial charge in [0.1, 0.15) is 23.3 Å². The Morgan fingerprint density at radius 2 is 1.21 bits per heavy atom. The molecule has 1 fully saturated rings. The zero-order valence-corrected chi connectivity index (χ0v) is 25.1. The summed E-state index contributed by atoms with van der Waals surface area (Å²) in [4.78, 5) is 29.0. The number of aliphatic hydroxyl groups excluding tert-OH is 1.